The van der Waals surface area contributed by atoms with Crippen molar-refractivity contribution in [2.24, 2.45) is 0 Å². The first-order valence-electron chi connectivity index (χ1n) is 5.98. The van der Waals surface area contributed by atoms with Gasteiger partial charge in [-0.05, 0) is 74.2 Å². The molecule has 0 aliphatic rings. The molecule has 0 unspecified atom stereocenters. The molecule has 0 saturated heterocycles. The molecule has 0 atom stereocenters. The first-order chi connectivity index (χ1) is 8.45. The quantitative estimate of drug-likeness (QED) is 0.706. The molecule has 0 aromatic heterocycles. The molecule has 0 fully saturated rings. The predicted molar refractivity (Wildman–Crippen MR) is 76.9 cm³/mol. The second-order valence-electron chi connectivity index (χ2n) is 4.79. The van der Waals surface area contributed by atoms with Crippen LogP contribution in [0.1, 0.15) is 22.3 Å². The van der Waals surface area contributed by atoms with Crippen molar-refractivity contribution < 1.29 is 4.74 Å². The van der Waals surface area contributed by atoms with Gasteiger partial charge in [0.05, 0.1) is 0 Å². The summed E-state index contributed by atoms with van der Waals surface area (Å²) in [6, 6.07) is 10.1. The molecule has 2 rings (SSSR count). The maximum Gasteiger partial charge on any atom is 0.130 e. The molecule has 94 valence electrons. The predicted octanol–water partition coefficient (Wildman–Crippen LogP) is 5.37. The summed E-state index contributed by atoms with van der Waals surface area (Å²) in [6.07, 6.45) is 0. The lowest BCUT2D eigenvalue weighted by atomic mass is 10.1. The minimum Gasteiger partial charge on any atom is -0.457 e. The normalized spacial score (nSPS) is 10.5. The molecule has 0 saturated carbocycles. The van der Waals surface area contributed by atoms with Crippen LogP contribution in [0, 0.1) is 27.7 Å². The second kappa shape index (κ2) is 5.03. The Labute approximate surface area is 113 Å². The lowest BCUT2D eigenvalue weighted by Crippen LogP contribution is -1.91. The zero-order chi connectivity index (χ0) is 13.3. The Balaban J connectivity index is 2.36. The van der Waals surface area contributed by atoms with Crippen molar-refractivity contribution in [1.82, 2.24) is 0 Å². The molecule has 2 heteroatoms. The van der Waals surface area contributed by atoms with Gasteiger partial charge in [0.1, 0.15) is 11.5 Å². The molecule has 0 heterocycles. The summed E-state index contributed by atoms with van der Waals surface area (Å²) >= 11 is 6.08. The first-order valence-corrected chi connectivity index (χ1v) is 6.36. The van der Waals surface area contributed by atoms with Gasteiger partial charge in [0.2, 0.25) is 0 Å². The minimum atomic E-state index is 0.778. The smallest absolute Gasteiger partial charge is 0.130 e. The highest BCUT2D eigenvalue weighted by Crippen LogP contribution is 2.30. The van der Waals surface area contributed by atoms with E-state index in [1.807, 2.05) is 38.1 Å². The summed E-state index contributed by atoms with van der Waals surface area (Å²) in [6.45, 7) is 8.12. The molecule has 18 heavy (non-hydrogen) atoms. The maximum absolute atomic E-state index is 6.08. The number of halogens is 1. The van der Waals surface area contributed by atoms with Gasteiger partial charge in [0.15, 0.2) is 0 Å². The van der Waals surface area contributed by atoms with E-state index in [4.69, 9.17) is 16.3 Å². The molecule has 2 aromatic carbocycles. The fourth-order valence-electron chi connectivity index (χ4n) is 1.98. The van der Waals surface area contributed by atoms with Gasteiger partial charge in [-0.25, -0.2) is 0 Å². The van der Waals surface area contributed by atoms with Crippen LogP contribution in [-0.2, 0) is 0 Å². The molecule has 0 spiro atoms. The molecule has 0 radical (unpaired) electrons. The highest BCUT2D eigenvalue weighted by molar-refractivity contribution is 6.31. The van der Waals surface area contributed by atoms with Crippen LogP contribution in [0.2, 0.25) is 5.02 Å². The van der Waals surface area contributed by atoms with Gasteiger partial charge < -0.3 is 4.74 Å². The van der Waals surface area contributed by atoms with Gasteiger partial charge >= 0.3 is 0 Å². The van der Waals surface area contributed by atoms with Crippen LogP contribution in [0.25, 0.3) is 0 Å². The topological polar surface area (TPSA) is 9.23 Å². The number of benzene rings is 2. The van der Waals surface area contributed by atoms with Gasteiger partial charge in [-0.1, -0.05) is 17.7 Å². The number of hydrogen-bond donors (Lipinski definition) is 0. The summed E-state index contributed by atoms with van der Waals surface area (Å²) < 4.78 is 5.95. The van der Waals surface area contributed by atoms with Crippen molar-refractivity contribution in [3.05, 3.63) is 57.6 Å². The molecular formula is C16H17ClO. The monoisotopic (exact) mass is 260 g/mol. The minimum absolute atomic E-state index is 0.778. The van der Waals surface area contributed by atoms with E-state index in [1.54, 1.807) is 0 Å². The largest absolute Gasteiger partial charge is 0.457 e. The Hall–Kier alpha value is -1.47. The van der Waals surface area contributed by atoms with Crippen LogP contribution in [-0.4, -0.2) is 0 Å². The molecule has 0 amide bonds. The third kappa shape index (κ3) is 2.85. The fourth-order valence-corrected chi connectivity index (χ4v) is 2.20. The average molecular weight is 261 g/mol. The summed E-state index contributed by atoms with van der Waals surface area (Å²) in [5, 5.41) is 0.778. The SMILES string of the molecule is Cc1cc(C)cc(Oc2cc(C)c(Cl)cc2C)c1. The summed E-state index contributed by atoms with van der Waals surface area (Å²) in [7, 11) is 0. The van der Waals surface area contributed by atoms with Gasteiger partial charge in [-0.3, -0.25) is 0 Å². The van der Waals surface area contributed by atoms with Crippen molar-refractivity contribution in [3.8, 4) is 11.5 Å². The molecule has 0 aliphatic carbocycles. The van der Waals surface area contributed by atoms with E-state index in [0.29, 0.717) is 0 Å². The van der Waals surface area contributed by atoms with Crippen molar-refractivity contribution in [3.63, 3.8) is 0 Å². The summed E-state index contributed by atoms with van der Waals surface area (Å²) in [4.78, 5) is 0. The Kier molecular flexibility index (Phi) is 3.63. The highest BCUT2D eigenvalue weighted by atomic mass is 35.5. The van der Waals surface area contributed by atoms with Gasteiger partial charge in [0.25, 0.3) is 0 Å². The van der Waals surface area contributed by atoms with Crippen LogP contribution in [0.4, 0.5) is 0 Å². The van der Waals surface area contributed by atoms with Gasteiger partial charge in [-0.2, -0.15) is 0 Å². The van der Waals surface area contributed by atoms with Crippen LogP contribution in [0.5, 0.6) is 11.5 Å². The number of ether oxygens (including phenoxy) is 1. The van der Waals surface area contributed by atoms with E-state index in [9.17, 15) is 0 Å². The maximum atomic E-state index is 6.08. The molecule has 1 nitrogen and oxygen atoms in total. The highest BCUT2D eigenvalue weighted by Gasteiger charge is 2.06. The van der Waals surface area contributed by atoms with Crippen LogP contribution in [0.15, 0.2) is 30.3 Å². The third-order valence-electron chi connectivity index (χ3n) is 2.88. The first kappa shape index (κ1) is 13.0. The lowest BCUT2D eigenvalue weighted by molar-refractivity contribution is 0.477. The molecule has 0 N–H and O–H groups in total. The molecule has 2 aromatic rings. The zero-order valence-electron chi connectivity index (χ0n) is 11.2. The van der Waals surface area contributed by atoms with Crippen molar-refractivity contribution in [2.45, 2.75) is 27.7 Å². The van der Waals surface area contributed by atoms with Crippen molar-refractivity contribution >= 4 is 11.6 Å². The van der Waals surface area contributed by atoms with Gasteiger partial charge in [-0.15, -0.1) is 0 Å². The van der Waals surface area contributed by atoms with Crippen LogP contribution >= 0.6 is 11.6 Å². The van der Waals surface area contributed by atoms with Gasteiger partial charge in [0, 0.05) is 5.02 Å². The Morgan fingerprint density at radius 3 is 2.00 bits per heavy atom. The Morgan fingerprint density at radius 1 is 0.778 bits per heavy atom. The molecule has 0 bridgehead atoms. The third-order valence-corrected chi connectivity index (χ3v) is 3.29. The van der Waals surface area contributed by atoms with E-state index in [0.717, 1.165) is 27.6 Å². The second-order valence-corrected chi connectivity index (χ2v) is 5.20. The average Bonchev–Trinajstić information content (AvgIpc) is 2.24. The van der Waals surface area contributed by atoms with E-state index >= 15 is 0 Å². The number of aryl methyl sites for hydroxylation is 4. The fraction of sp³-hybridized carbons (Fsp3) is 0.250. The zero-order valence-corrected chi connectivity index (χ0v) is 11.9. The Morgan fingerprint density at radius 2 is 1.39 bits per heavy atom. The van der Waals surface area contributed by atoms with Crippen molar-refractivity contribution in [1.29, 1.82) is 0 Å². The van der Waals surface area contributed by atoms with E-state index in [2.05, 4.69) is 19.9 Å². The summed E-state index contributed by atoms with van der Waals surface area (Å²) in [5.74, 6) is 1.74. The van der Waals surface area contributed by atoms with Crippen LogP contribution < -0.4 is 4.74 Å². The number of rotatable bonds is 2. The standard InChI is InChI=1S/C16H17ClO/c1-10-5-11(2)7-14(6-10)18-16-9-12(3)15(17)8-13(16)4/h5-9H,1-4H3. The molecule has 0 aliphatic heterocycles. The van der Waals surface area contributed by atoms with E-state index in [-0.39, 0.29) is 0 Å². The van der Waals surface area contributed by atoms with Crippen LogP contribution in [0.3, 0.4) is 0 Å². The van der Waals surface area contributed by atoms with E-state index in [1.165, 1.54) is 11.1 Å². The van der Waals surface area contributed by atoms with E-state index < -0.39 is 0 Å². The molecular weight excluding hydrogens is 244 g/mol. The summed E-state index contributed by atoms with van der Waals surface area (Å²) in [5.41, 5.74) is 4.48. The van der Waals surface area contributed by atoms with Crippen molar-refractivity contribution in [2.75, 3.05) is 0 Å². The lowest BCUT2D eigenvalue weighted by Gasteiger charge is -2.12. The Bertz CT molecular complexity index is 568. The number of hydrogen-bond acceptors (Lipinski definition) is 1.